The van der Waals surface area contributed by atoms with E-state index in [2.05, 4.69) is 4.99 Å². The van der Waals surface area contributed by atoms with Gasteiger partial charge >= 0.3 is 5.97 Å². The summed E-state index contributed by atoms with van der Waals surface area (Å²) in [5.74, 6) is 0.0833. The molecule has 1 aliphatic rings. The summed E-state index contributed by atoms with van der Waals surface area (Å²) in [4.78, 5) is 32.2. The third-order valence-electron chi connectivity index (χ3n) is 6.64. The van der Waals surface area contributed by atoms with Gasteiger partial charge < -0.3 is 14.2 Å². The van der Waals surface area contributed by atoms with Gasteiger partial charge in [-0.25, -0.2) is 14.2 Å². The van der Waals surface area contributed by atoms with E-state index in [1.165, 1.54) is 28.0 Å². The van der Waals surface area contributed by atoms with Crippen LogP contribution in [0.1, 0.15) is 43.5 Å². The summed E-state index contributed by atoms with van der Waals surface area (Å²) in [6.07, 6.45) is 1.64. The van der Waals surface area contributed by atoms with E-state index in [1.54, 1.807) is 56.3 Å². The van der Waals surface area contributed by atoms with Crippen LogP contribution in [-0.4, -0.2) is 23.8 Å². The quantitative estimate of drug-likeness (QED) is 0.203. The number of esters is 1. The van der Waals surface area contributed by atoms with Gasteiger partial charge in [-0.05, 0) is 74.4 Å². The average molecular weight is 642 g/mol. The summed E-state index contributed by atoms with van der Waals surface area (Å²) in [5.41, 5.74) is 2.28. The van der Waals surface area contributed by atoms with Crippen LogP contribution in [0.3, 0.4) is 0 Å². The lowest BCUT2D eigenvalue weighted by Gasteiger charge is -2.24. The Labute approximate surface area is 261 Å². The molecule has 0 radical (unpaired) electrons. The van der Waals surface area contributed by atoms with Crippen LogP contribution in [0.2, 0.25) is 10.0 Å². The van der Waals surface area contributed by atoms with Gasteiger partial charge in [0.25, 0.3) is 5.56 Å². The zero-order valence-electron chi connectivity index (χ0n) is 23.5. The van der Waals surface area contributed by atoms with Crippen molar-refractivity contribution >= 4 is 46.6 Å². The molecule has 0 saturated carbocycles. The minimum atomic E-state index is -0.773. The Bertz CT molecular complexity index is 1880. The Balaban J connectivity index is 1.63. The SMILES string of the molecule is CCOC(=O)C1=C(C)N=c2s/c(=C\c3cc(Cl)cc(Cl)c3OCc3ccc(F)cc3)c(=O)n2[C@@H]1c1ccc(OCC)cc1. The standard InChI is InChI=1S/C32H27Cl2FN2O5S/c1-4-40-24-12-8-20(9-13-24)28-27(31(39)41-5-2)18(3)36-32-37(28)30(38)26(43-32)15-21-14-22(33)16-25(34)29(21)42-17-19-6-10-23(35)11-7-19/h6-16,28H,4-5,17H2,1-3H3/b26-15-/t28-/m1/s1. The zero-order chi connectivity index (χ0) is 30.7. The molecule has 7 nitrogen and oxygen atoms in total. The molecule has 1 aliphatic heterocycles. The lowest BCUT2D eigenvalue weighted by Crippen LogP contribution is -2.39. The van der Waals surface area contributed by atoms with Crippen molar-refractivity contribution in [2.45, 2.75) is 33.4 Å². The number of rotatable bonds is 9. The van der Waals surface area contributed by atoms with E-state index in [9.17, 15) is 14.0 Å². The van der Waals surface area contributed by atoms with Crippen LogP contribution in [0.5, 0.6) is 11.5 Å². The maximum absolute atomic E-state index is 14.0. The van der Waals surface area contributed by atoms with Crippen LogP contribution in [0.25, 0.3) is 6.08 Å². The van der Waals surface area contributed by atoms with Gasteiger partial charge in [-0.1, -0.05) is 58.8 Å². The topological polar surface area (TPSA) is 79.1 Å². The lowest BCUT2D eigenvalue weighted by molar-refractivity contribution is -0.139. The first kappa shape index (κ1) is 30.5. The fourth-order valence-corrected chi connectivity index (χ4v) is 6.34. The normalized spacial score (nSPS) is 14.7. The fourth-order valence-electron chi connectivity index (χ4n) is 4.74. The van der Waals surface area contributed by atoms with Gasteiger partial charge in [0.1, 0.15) is 23.9 Å². The Morgan fingerprint density at radius 3 is 2.44 bits per heavy atom. The molecule has 0 N–H and O–H groups in total. The number of thiazole rings is 1. The molecule has 3 aromatic carbocycles. The molecule has 0 unspecified atom stereocenters. The van der Waals surface area contributed by atoms with Gasteiger partial charge in [0.2, 0.25) is 0 Å². The highest BCUT2D eigenvalue weighted by Crippen LogP contribution is 2.34. The molecule has 43 heavy (non-hydrogen) atoms. The monoisotopic (exact) mass is 640 g/mol. The molecule has 2 heterocycles. The van der Waals surface area contributed by atoms with Crippen LogP contribution in [0.4, 0.5) is 4.39 Å². The van der Waals surface area contributed by atoms with Gasteiger partial charge in [0.05, 0.1) is 40.1 Å². The molecule has 5 rings (SSSR count). The van der Waals surface area contributed by atoms with E-state index >= 15 is 0 Å². The Morgan fingerprint density at radius 1 is 1.05 bits per heavy atom. The summed E-state index contributed by atoms with van der Waals surface area (Å²) >= 11 is 14.0. The highest BCUT2D eigenvalue weighted by atomic mass is 35.5. The number of carbonyl (C=O) groups excluding carboxylic acids is 1. The fraction of sp³-hybridized carbons (Fsp3) is 0.219. The van der Waals surface area contributed by atoms with Crippen LogP contribution in [-0.2, 0) is 16.1 Å². The minimum absolute atomic E-state index is 0.115. The van der Waals surface area contributed by atoms with Gasteiger partial charge in [-0.3, -0.25) is 9.36 Å². The second-order valence-corrected chi connectivity index (χ2v) is 11.4. The zero-order valence-corrected chi connectivity index (χ0v) is 25.9. The van der Waals surface area contributed by atoms with E-state index in [4.69, 9.17) is 37.4 Å². The first-order valence-corrected chi connectivity index (χ1v) is 15.1. The second-order valence-electron chi connectivity index (χ2n) is 9.53. The minimum Gasteiger partial charge on any atom is -0.494 e. The second kappa shape index (κ2) is 13.2. The first-order valence-electron chi connectivity index (χ1n) is 13.5. The molecule has 11 heteroatoms. The van der Waals surface area contributed by atoms with Crippen molar-refractivity contribution in [2.24, 2.45) is 4.99 Å². The summed E-state index contributed by atoms with van der Waals surface area (Å²) < 4.78 is 32.2. The molecule has 1 aromatic heterocycles. The number of halogens is 3. The van der Waals surface area contributed by atoms with E-state index in [0.717, 1.165) is 5.56 Å². The van der Waals surface area contributed by atoms with Crippen molar-refractivity contribution in [3.63, 3.8) is 0 Å². The van der Waals surface area contributed by atoms with Crippen molar-refractivity contribution in [3.05, 3.63) is 124 Å². The number of fused-ring (bicyclic) bond motifs is 1. The van der Waals surface area contributed by atoms with Crippen LogP contribution >= 0.6 is 34.5 Å². The molecule has 0 aliphatic carbocycles. The number of aromatic nitrogens is 1. The average Bonchev–Trinajstić information content (AvgIpc) is 3.27. The van der Waals surface area contributed by atoms with Crippen LogP contribution < -0.4 is 24.4 Å². The summed E-state index contributed by atoms with van der Waals surface area (Å²) in [6, 6.07) is 15.6. The predicted octanol–water partition coefficient (Wildman–Crippen LogP) is 6.22. The van der Waals surface area contributed by atoms with Crippen molar-refractivity contribution in [1.82, 2.24) is 4.57 Å². The number of carbonyl (C=O) groups is 1. The van der Waals surface area contributed by atoms with Gasteiger partial charge in [-0.15, -0.1) is 0 Å². The highest BCUT2D eigenvalue weighted by molar-refractivity contribution is 7.07. The number of nitrogens with zero attached hydrogens (tertiary/aromatic N) is 2. The van der Waals surface area contributed by atoms with Crippen molar-refractivity contribution in [2.75, 3.05) is 13.2 Å². The summed E-state index contributed by atoms with van der Waals surface area (Å²) in [6.45, 7) is 6.13. The number of hydrogen-bond acceptors (Lipinski definition) is 7. The first-order chi connectivity index (χ1) is 20.7. The molecule has 0 saturated heterocycles. The molecule has 1 atom stereocenters. The van der Waals surface area contributed by atoms with Crippen molar-refractivity contribution in [3.8, 4) is 11.5 Å². The van der Waals surface area contributed by atoms with E-state index in [1.807, 2.05) is 19.1 Å². The molecular weight excluding hydrogens is 614 g/mol. The molecule has 0 fully saturated rings. The Kier molecular flexibility index (Phi) is 9.34. The summed E-state index contributed by atoms with van der Waals surface area (Å²) in [5, 5.41) is 0.604. The molecule has 0 amide bonds. The number of allylic oxidation sites excluding steroid dienone is 1. The molecule has 4 aromatic rings. The Hall–Kier alpha value is -3.92. The van der Waals surface area contributed by atoms with E-state index in [0.29, 0.717) is 49.3 Å². The van der Waals surface area contributed by atoms with E-state index < -0.39 is 12.0 Å². The molecular formula is C32H27Cl2FN2O5S. The molecule has 0 spiro atoms. The third-order valence-corrected chi connectivity index (χ3v) is 8.13. The van der Waals surface area contributed by atoms with Gasteiger partial charge in [0.15, 0.2) is 4.80 Å². The molecule has 222 valence electrons. The number of benzene rings is 3. The number of ether oxygens (including phenoxy) is 3. The predicted molar refractivity (Wildman–Crippen MR) is 165 cm³/mol. The van der Waals surface area contributed by atoms with Crippen molar-refractivity contribution in [1.29, 1.82) is 0 Å². The maximum atomic E-state index is 14.0. The van der Waals surface area contributed by atoms with E-state index in [-0.39, 0.29) is 35.2 Å². The van der Waals surface area contributed by atoms with Crippen molar-refractivity contribution < 1.29 is 23.4 Å². The third kappa shape index (κ3) is 6.54. The summed E-state index contributed by atoms with van der Waals surface area (Å²) in [7, 11) is 0. The highest BCUT2D eigenvalue weighted by Gasteiger charge is 2.33. The van der Waals surface area contributed by atoms with Crippen LogP contribution in [0.15, 0.2) is 81.7 Å². The smallest absolute Gasteiger partial charge is 0.338 e. The largest absolute Gasteiger partial charge is 0.494 e. The van der Waals surface area contributed by atoms with Gasteiger partial charge in [-0.2, -0.15) is 0 Å². The van der Waals surface area contributed by atoms with Crippen LogP contribution in [0, 0.1) is 5.82 Å². The lowest BCUT2D eigenvalue weighted by atomic mass is 9.96. The molecule has 0 bridgehead atoms. The Morgan fingerprint density at radius 2 is 1.77 bits per heavy atom. The maximum Gasteiger partial charge on any atom is 0.338 e. The van der Waals surface area contributed by atoms with Gasteiger partial charge in [0, 0.05) is 10.6 Å². The number of hydrogen-bond donors (Lipinski definition) is 0.